The van der Waals surface area contributed by atoms with E-state index in [4.69, 9.17) is 4.74 Å². The number of nitrogens with one attached hydrogen (secondary N) is 1. The molecule has 4 nitrogen and oxygen atoms in total. The topological polar surface area (TPSA) is 36.9 Å². The van der Waals surface area contributed by atoms with Gasteiger partial charge in [0.1, 0.15) is 11.6 Å². The summed E-state index contributed by atoms with van der Waals surface area (Å²) in [5, 5.41) is 1.60. The second-order valence-corrected chi connectivity index (χ2v) is 6.36. The van der Waals surface area contributed by atoms with Crippen LogP contribution in [0.3, 0.4) is 0 Å². The Kier molecular flexibility index (Phi) is 5.22. The lowest BCUT2D eigenvalue weighted by Gasteiger charge is -2.21. The van der Waals surface area contributed by atoms with Gasteiger partial charge in [-0.3, -0.25) is 10.4 Å². The van der Waals surface area contributed by atoms with Crippen molar-refractivity contribution in [3.8, 4) is 5.75 Å². The molecule has 2 aromatic rings. The molecule has 0 saturated carbocycles. The molecule has 3 rings (SSSR count). The minimum atomic E-state index is -4.42. The second kappa shape index (κ2) is 7.41. The molecule has 1 N–H and O–H groups in total. The van der Waals surface area contributed by atoms with Crippen molar-refractivity contribution < 1.29 is 17.9 Å². The van der Waals surface area contributed by atoms with E-state index < -0.39 is 11.7 Å². The first-order chi connectivity index (χ1) is 12.4. The Balaban J connectivity index is 1.69. The monoisotopic (exact) mass is 425 g/mol. The summed E-state index contributed by atoms with van der Waals surface area (Å²) in [7, 11) is 1.59. The van der Waals surface area contributed by atoms with Crippen molar-refractivity contribution in [2.75, 3.05) is 18.7 Å². The SMILES string of the molecule is COc1ccc(C=NC2=CCN(c3ccc(Br)c(C(F)(F)F)c3)N2)cc1. The van der Waals surface area contributed by atoms with Crippen LogP contribution in [0.25, 0.3) is 0 Å². The average Bonchev–Trinajstić information content (AvgIpc) is 3.09. The van der Waals surface area contributed by atoms with E-state index in [1.807, 2.05) is 24.3 Å². The molecule has 0 spiro atoms. The fraction of sp³-hybridized carbons (Fsp3) is 0.167. The summed E-state index contributed by atoms with van der Waals surface area (Å²) < 4.78 is 44.2. The highest BCUT2D eigenvalue weighted by atomic mass is 79.9. The van der Waals surface area contributed by atoms with Crippen molar-refractivity contribution in [1.29, 1.82) is 0 Å². The van der Waals surface area contributed by atoms with Gasteiger partial charge in [0.25, 0.3) is 0 Å². The molecule has 1 heterocycles. The third-order valence-corrected chi connectivity index (χ3v) is 4.44. The molecule has 8 heteroatoms. The van der Waals surface area contributed by atoms with Crippen molar-refractivity contribution in [1.82, 2.24) is 5.43 Å². The van der Waals surface area contributed by atoms with E-state index in [0.717, 1.165) is 17.4 Å². The Morgan fingerprint density at radius 1 is 1.19 bits per heavy atom. The van der Waals surface area contributed by atoms with Crippen LogP contribution in [-0.4, -0.2) is 19.9 Å². The lowest BCUT2D eigenvalue weighted by atomic mass is 10.2. The molecule has 1 aliphatic heterocycles. The molecule has 0 fully saturated rings. The molecule has 0 bridgehead atoms. The summed E-state index contributed by atoms with van der Waals surface area (Å²) in [4.78, 5) is 4.32. The molecular formula is C18H15BrF3N3O. The number of benzene rings is 2. The quantitative estimate of drug-likeness (QED) is 0.717. The number of anilines is 1. The Labute approximate surface area is 157 Å². The maximum atomic E-state index is 13.0. The smallest absolute Gasteiger partial charge is 0.417 e. The van der Waals surface area contributed by atoms with Gasteiger partial charge in [0, 0.05) is 10.7 Å². The Bertz CT molecular complexity index is 848. The fourth-order valence-electron chi connectivity index (χ4n) is 2.39. The van der Waals surface area contributed by atoms with Crippen molar-refractivity contribution in [3.05, 3.63) is 70.0 Å². The van der Waals surface area contributed by atoms with Crippen LogP contribution < -0.4 is 15.2 Å². The van der Waals surface area contributed by atoms with E-state index >= 15 is 0 Å². The number of alkyl halides is 3. The Hall–Kier alpha value is -2.48. The van der Waals surface area contributed by atoms with Gasteiger partial charge < -0.3 is 4.74 Å². The third-order valence-electron chi connectivity index (χ3n) is 3.75. The van der Waals surface area contributed by atoms with Gasteiger partial charge in [-0.15, -0.1) is 0 Å². The highest BCUT2D eigenvalue weighted by Gasteiger charge is 2.33. The number of rotatable bonds is 4. The number of hydrogen-bond acceptors (Lipinski definition) is 4. The van der Waals surface area contributed by atoms with Gasteiger partial charge in [0.2, 0.25) is 0 Å². The predicted octanol–water partition coefficient (Wildman–Crippen LogP) is 4.76. The zero-order valence-electron chi connectivity index (χ0n) is 13.7. The summed E-state index contributed by atoms with van der Waals surface area (Å²) in [5.74, 6) is 1.32. The molecule has 26 heavy (non-hydrogen) atoms. The minimum absolute atomic E-state index is 0.0126. The first-order valence-corrected chi connectivity index (χ1v) is 8.45. The summed E-state index contributed by atoms with van der Waals surface area (Å²) >= 11 is 2.94. The number of ether oxygens (including phenoxy) is 1. The van der Waals surface area contributed by atoms with E-state index in [0.29, 0.717) is 18.1 Å². The van der Waals surface area contributed by atoms with E-state index in [-0.39, 0.29) is 4.47 Å². The predicted molar refractivity (Wildman–Crippen MR) is 98.3 cm³/mol. The zero-order chi connectivity index (χ0) is 18.7. The van der Waals surface area contributed by atoms with Crippen LogP contribution in [0, 0.1) is 0 Å². The van der Waals surface area contributed by atoms with Gasteiger partial charge in [-0.05, 0) is 54.1 Å². The Morgan fingerprint density at radius 3 is 2.58 bits per heavy atom. The maximum Gasteiger partial charge on any atom is 0.417 e. The zero-order valence-corrected chi connectivity index (χ0v) is 15.3. The molecule has 0 aliphatic carbocycles. The van der Waals surface area contributed by atoms with Crippen LogP contribution in [-0.2, 0) is 6.18 Å². The third kappa shape index (κ3) is 4.19. The van der Waals surface area contributed by atoms with Crippen molar-refractivity contribution in [2.45, 2.75) is 6.18 Å². The number of hydrogen-bond donors (Lipinski definition) is 1. The van der Waals surface area contributed by atoms with E-state index in [9.17, 15) is 13.2 Å². The largest absolute Gasteiger partial charge is 0.497 e. The van der Waals surface area contributed by atoms with Gasteiger partial charge in [-0.2, -0.15) is 13.2 Å². The van der Waals surface area contributed by atoms with Crippen LogP contribution in [0.1, 0.15) is 11.1 Å². The first kappa shape index (κ1) is 18.3. The van der Waals surface area contributed by atoms with Gasteiger partial charge in [0.15, 0.2) is 0 Å². The van der Waals surface area contributed by atoms with E-state index in [2.05, 4.69) is 26.3 Å². The van der Waals surface area contributed by atoms with Gasteiger partial charge in [-0.25, -0.2) is 4.99 Å². The van der Waals surface area contributed by atoms with Gasteiger partial charge in [-0.1, -0.05) is 15.9 Å². The van der Waals surface area contributed by atoms with Gasteiger partial charge in [0.05, 0.1) is 24.9 Å². The highest BCUT2D eigenvalue weighted by Crippen LogP contribution is 2.37. The Morgan fingerprint density at radius 2 is 1.92 bits per heavy atom. The summed E-state index contributed by atoms with van der Waals surface area (Å²) in [6.07, 6.45) is -0.947. The summed E-state index contributed by atoms with van der Waals surface area (Å²) in [6.45, 7) is 0.411. The second-order valence-electron chi connectivity index (χ2n) is 5.51. The van der Waals surface area contributed by atoms with Crippen LogP contribution in [0.5, 0.6) is 5.75 Å². The molecule has 136 valence electrons. The number of aliphatic imine (C=N–C) groups is 1. The molecule has 0 aromatic heterocycles. The molecular weight excluding hydrogens is 411 g/mol. The van der Waals surface area contributed by atoms with Crippen molar-refractivity contribution in [2.24, 2.45) is 4.99 Å². The van der Waals surface area contributed by atoms with E-state index in [1.54, 1.807) is 30.5 Å². The van der Waals surface area contributed by atoms with Crippen LogP contribution >= 0.6 is 15.9 Å². The van der Waals surface area contributed by atoms with Crippen LogP contribution in [0.4, 0.5) is 18.9 Å². The number of nitrogens with zero attached hydrogens (tertiary/aromatic N) is 2. The van der Waals surface area contributed by atoms with Crippen molar-refractivity contribution >= 4 is 27.8 Å². The average molecular weight is 426 g/mol. The van der Waals surface area contributed by atoms with Gasteiger partial charge >= 0.3 is 6.18 Å². The summed E-state index contributed by atoms with van der Waals surface area (Å²) in [6, 6.07) is 11.5. The van der Waals surface area contributed by atoms with Crippen LogP contribution in [0.15, 0.2) is 63.8 Å². The molecule has 1 aliphatic rings. The standard InChI is InChI=1S/C18H15BrF3N3O/c1-26-14-5-2-12(3-6-14)11-23-17-8-9-25(24-17)13-4-7-16(19)15(10-13)18(20,21)22/h2-8,10-11,24H,9H2,1H3. The molecule has 0 radical (unpaired) electrons. The molecule has 2 aromatic carbocycles. The fourth-order valence-corrected chi connectivity index (χ4v) is 2.86. The normalized spacial score (nSPS) is 14.5. The maximum absolute atomic E-state index is 13.0. The molecule has 0 unspecified atom stereocenters. The number of hydrazine groups is 1. The molecule has 0 saturated heterocycles. The molecule has 0 atom stereocenters. The van der Waals surface area contributed by atoms with E-state index in [1.165, 1.54) is 6.07 Å². The highest BCUT2D eigenvalue weighted by molar-refractivity contribution is 9.10. The number of methoxy groups -OCH3 is 1. The number of halogens is 4. The lowest BCUT2D eigenvalue weighted by molar-refractivity contribution is -0.138. The lowest BCUT2D eigenvalue weighted by Crippen LogP contribution is -2.31. The van der Waals surface area contributed by atoms with Crippen LogP contribution in [0.2, 0.25) is 0 Å². The minimum Gasteiger partial charge on any atom is -0.497 e. The van der Waals surface area contributed by atoms with Crippen molar-refractivity contribution in [3.63, 3.8) is 0 Å². The molecule has 0 amide bonds. The summed E-state index contributed by atoms with van der Waals surface area (Å²) in [5.41, 5.74) is 3.56. The first-order valence-electron chi connectivity index (χ1n) is 7.66.